The highest BCUT2D eigenvalue weighted by Crippen LogP contribution is 2.28. The maximum absolute atomic E-state index is 14.2. The van der Waals surface area contributed by atoms with E-state index in [-0.39, 0.29) is 17.6 Å². The molecule has 0 aliphatic heterocycles. The van der Waals surface area contributed by atoms with Gasteiger partial charge in [0.15, 0.2) is 11.6 Å². The van der Waals surface area contributed by atoms with Gasteiger partial charge in [-0.25, -0.2) is 4.39 Å². The van der Waals surface area contributed by atoms with Crippen molar-refractivity contribution < 1.29 is 9.13 Å². The first-order valence-electron chi connectivity index (χ1n) is 5.66. The Labute approximate surface area is 105 Å². The molecule has 4 nitrogen and oxygen atoms in total. The van der Waals surface area contributed by atoms with Crippen LogP contribution in [0.4, 0.5) is 4.39 Å². The minimum Gasteiger partial charge on any atom is -0.494 e. The number of nitrogens with one attached hydrogen (secondary N) is 1. The SMILES string of the molecule is CNC(c1ccn(C)n1)c1cccc(OC)c1F. The van der Waals surface area contributed by atoms with Crippen LogP contribution in [-0.2, 0) is 7.05 Å². The predicted octanol–water partition coefficient (Wildman–Crippen LogP) is 1.88. The minimum atomic E-state index is -0.356. The maximum Gasteiger partial charge on any atom is 0.170 e. The Balaban J connectivity index is 2.45. The van der Waals surface area contributed by atoms with Crippen LogP contribution in [0.25, 0.3) is 0 Å². The summed E-state index contributed by atoms with van der Waals surface area (Å²) < 4.78 is 20.9. The number of aryl methyl sites for hydroxylation is 1. The molecule has 0 spiro atoms. The van der Waals surface area contributed by atoms with Gasteiger partial charge in [-0.3, -0.25) is 4.68 Å². The van der Waals surface area contributed by atoms with Gasteiger partial charge in [-0.2, -0.15) is 5.10 Å². The lowest BCUT2D eigenvalue weighted by atomic mass is 10.0. The fraction of sp³-hybridized carbons (Fsp3) is 0.308. The van der Waals surface area contributed by atoms with Crippen LogP contribution in [0.5, 0.6) is 5.75 Å². The van der Waals surface area contributed by atoms with Crippen molar-refractivity contribution >= 4 is 0 Å². The van der Waals surface area contributed by atoms with Crippen molar-refractivity contribution in [2.24, 2.45) is 7.05 Å². The van der Waals surface area contributed by atoms with E-state index in [9.17, 15) is 4.39 Å². The average molecular weight is 249 g/mol. The quantitative estimate of drug-likeness (QED) is 0.899. The lowest BCUT2D eigenvalue weighted by Gasteiger charge is -2.16. The van der Waals surface area contributed by atoms with Crippen molar-refractivity contribution in [3.8, 4) is 5.75 Å². The van der Waals surface area contributed by atoms with Crippen LogP contribution in [0, 0.1) is 5.82 Å². The first kappa shape index (κ1) is 12.6. The van der Waals surface area contributed by atoms with E-state index < -0.39 is 0 Å². The van der Waals surface area contributed by atoms with E-state index in [1.165, 1.54) is 7.11 Å². The zero-order valence-electron chi connectivity index (χ0n) is 10.6. The van der Waals surface area contributed by atoms with Gasteiger partial charge in [0.1, 0.15) is 0 Å². The summed E-state index contributed by atoms with van der Waals surface area (Å²) in [5.41, 5.74) is 1.29. The molecular formula is C13H16FN3O. The third-order valence-electron chi connectivity index (χ3n) is 2.84. The van der Waals surface area contributed by atoms with Crippen LogP contribution in [0.1, 0.15) is 17.3 Å². The molecule has 1 aromatic heterocycles. The van der Waals surface area contributed by atoms with E-state index in [0.29, 0.717) is 5.56 Å². The standard InChI is InChI=1S/C13H16FN3O/c1-15-13(10-7-8-17(2)16-10)9-5-4-6-11(18-3)12(9)14/h4-8,13,15H,1-3H3. The van der Waals surface area contributed by atoms with E-state index in [2.05, 4.69) is 10.4 Å². The zero-order valence-corrected chi connectivity index (χ0v) is 10.6. The first-order valence-corrected chi connectivity index (χ1v) is 5.66. The van der Waals surface area contributed by atoms with E-state index in [4.69, 9.17) is 4.74 Å². The summed E-state index contributed by atoms with van der Waals surface area (Å²) in [7, 11) is 5.06. The Morgan fingerprint density at radius 3 is 2.72 bits per heavy atom. The summed E-state index contributed by atoms with van der Waals surface area (Å²) in [6, 6.07) is 6.67. The molecule has 96 valence electrons. The molecule has 0 aliphatic rings. The Bertz CT molecular complexity index is 539. The number of benzene rings is 1. The molecule has 0 bridgehead atoms. The molecule has 5 heteroatoms. The van der Waals surface area contributed by atoms with Gasteiger partial charge in [0.25, 0.3) is 0 Å². The van der Waals surface area contributed by atoms with Gasteiger partial charge >= 0.3 is 0 Å². The van der Waals surface area contributed by atoms with Crippen molar-refractivity contribution in [3.05, 3.63) is 47.5 Å². The molecular weight excluding hydrogens is 233 g/mol. The summed E-state index contributed by atoms with van der Waals surface area (Å²) in [6.45, 7) is 0. The lowest BCUT2D eigenvalue weighted by molar-refractivity contribution is 0.382. The van der Waals surface area contributed by atoms with E-state index >= 15 is 0 Å². The number of rotatable bonds is 4. The van der Waals surface area contributed by atoms with Crippen LogP contribution in [-0.4, -0.2) is 23.9 Å². The van der Waals surface area contributed by atoms with E-state index in [1.54, 1.807) is 29.9 Å². The fourth-order valence-electron chi connectivity index (χ4n) is 1.96. The predicted molar refractivity (Wildman–Crippen MR) is 67.1 cm³/mol. The molecule has 0 amide bonds. The van der Waals surface area contributed by atoms with Crippen LogP contribution >= 0.6 is 0 Å². The van der Waals surface area contributed by atoms with Crippen LogP contribution in [0.3, 0.4) is 0 Å². The highest BCUT2D eigenvalue weighted by Gasteiger charge is 2.20. The zero-order chi connectivity index (χ0) is 13.1. The number of methoxy groups -OCH3 is 1. The van der Waals surface area contributed by atoms with Crippen molar-refractivity contribution in [1.82, 2.24) is 15.1 Å². The van der Waals surface area contributed by atoms with Crippen molar-refractivity contribution in [2.45, 2.75) is 6.04 Å². The number of hydrogen-bond donors (Lipinski definition) is 1. The summed E-state index contributed by atoms with van der Waals surface area (Å²) in [5, 5.41) is 7.37. The third-order valence-corrected chi connectivity index (χ3v) is 2.84. The van der Waals surface area contributed by atoms with Crippen LogP contribution < -0.4 is 10.1 Å². The molecule has 0 aliphatic carbocycles. The molecule has 1 heterocycles. The summed E-state index contributed by atoms with van der Waals surface area (Å²) in [6.07, 6.45) is 1.83. The Morgan fingerprint density at radius 1 is 1.39 bits per heavy atom. The third kappa shape index (κ3) is 2.22. The van der Waals surface area contributed by atoms with Gasteiger partial charge in [0.2, 0.25) is 0 Å². The van der Waals surface area contributed by atoms with E-state index in [0.717, 1.165) is 5.69 Å². The van der Waals surface area contributed by atoms with Crippen LogP contribution in [0.15, 0.2) is 30.5 Å². The minimum absolute atomic E-state index is 0.240. The number of aromatic nitrogens is 2. The number of halogens is 1. The van der Waals surface area contributed by atoms with Gasteiger partial charge in [-0.05, 0) is 19.2 Å². The molecule has 0 saturated carbocycles. The molecule has 1 aromatic carbocycles. The Kier molecular flexibility index (Phi) is 3.62. The largest absolute Gasteiger partial charge is 0.494 e. The highest BCUT2D eigenvalue weighted by atomic mass is 19.1. The second kappa shape index (κ2) is 5.18. The summed E-state index contributed by atoms with van der Waals surface area (Å²) in [5.74, 6) is -0.117. The average Bonchev–Trinajstić information content (AvgIpc) is 2.79. The molecule has 2 aromatic rings. The van der Waals surface area contributed by atoms with E-state index in [1.807, 2.05) is 19.3 Å². The molecule has 0 fully saturated rings. The molecule has 1 N–H and O–H groups in total. The maximum atomic E-state index is 14.2. The first-order chi connectivity index (χ1) is 8.67. The Hall–Kier alpha value is -1.88. The molecule has 0 radical (unpaired) electrons. The highest BCUT2D eigenvalue weighted by molar-refractivity contribution is 5.36. The second-order valence-corrected chi connectivity index (χ2v) is 4.00. The fourth-order valence-corrected chi connectivity index (χ4v) is 1.96. The molecule has 1 unspecified atom stereocenters. The molecule has 18 heavy (non-hydrogen) atoms. The number of ether oxygens (including phenoxy) is 1. The lowest BCUT2D eigenvalue weighted by Crippen LogP contribution is -2.20. The van der Waals surface area contributed by atoms with Crippen molar-refractivity contribution in [1.29, 1.82) is 0 Å². The number of nitrogens with zero attached hydrogens (tertiary/aromatic N) is 2. The smallest absolute Gasteiger partial charge is 0.170 e. The number of hydrogen-bond acceptors (Lipinski definition) is 3. The van der Waals surface area contributed by atoms with Gasteiger partial charge < -0.3 is 10.1 Å². The molecule has 1 atom stereocenters. The Morgan fingerprint density at radius 2 is 2.17 bits per heavy atom. The van der Waals surface area contributed by atoms with Gasteiger partial charge in [-0.15, -0.1) is 0 Å². The molecule has 2 rings (SSSR count). The van der Waals surface area contributed by atoms with Crippen LogP contribution in [0.2, 0.25) is 0 Å². The van der Waals surface area contributed by atoms with Crippen molar-refractivity contribution in [3.63, 3.8) is 0 Å². The molecule has 0 saturated heterocycles. The normalized spacial score (nSPS) is 12.4. The monoisotopic (exact) mass is 249 g/mol. The van der Waals surface area contributed by atoms with Gasteiger partial charge in [0, 0.05) is 18.8 Å². The summed E-state index contributed by atoms with van der Waals surface area (Å²) in [4.78, 5) is 0. The van der Waals surface area contributed by atoms with Gasteiger partial charge in [-0.1, -0.05) is 12.1 Å². The van der Waals surface area contributed by atoms with Crippen molar-refractivity contribution in [2.75, 3.05) is 14.2 Å². The second-order valence-electron chi connectivity index (χ2n) is 4.00. The summed E-state index contributed by atoms with van der Waals surface area (Å²) >= 11 is 0. The topological polar surface area (TPSA) is 39.1 Å². The van der Waals surface area contributed by atoms with Gasteiger partial charge in [0.05, 0.1) is 18.8 Å².